The van der Waals surface area contributed by atoms with Gasteiger partial charge in [-0.1, -0.05) is 31.2 Å². The fraction of sp³-hybridized carbons (Fsp3) is 0.520. The van der Waals surface area contributed by atoms with Gasteiger partial charge < -0.3 is 19.5 Å². The molecule has 0 saturated carbocycles. The molecule has 31 heavy (non-hydrogen) atoms. The van der Waals surface area contributed by atoms with E-state index < -0.39 is 23.9 Å². The molecule has 1 N–H and O–H groups in total. The third kappa shape index (κ3) is 5.97. The van der Waals surface area contributed by atoms with Crippen molar-refractivity contribution in [1.29, 1.82) is 0 Å². The summed E-state index contributed by atoms with van der Waals surface area (Å²) in [6, 6.07) is 11.6. The summed E-state index contributed by atoms with van der Waals surface area (Å²) in [5.41, 5.74) is 0.826. The maximum absolute atomic E-state index is 12.8. The van der Waals surface area contributed by atoms with Crippen LogP contribution in [0.15, 0.2) is 36.4 Å². The van der Waals surface area contributed by atoms with Crippen LogP contribution >= 0.6 is 0 Å². The number of fused-ring (bicyclic) bond motifs is 1. The third-order valence-corrected chi connectivity index (χ3v) is 5.66. The van der Waals surface area contributed by atoms with Crippen molar-refractivity contribution < 1.29 is 24.2 Å². The highest BCUT2D eigenvalue weighted by Gasteiger charge is 2.31. The van der Waals surface area contributed by atoms with E-state index in [2.05, 4.69) is 0 Å². The summed E-state index contributed by atoms with van der Waals surface area (Å²) in [7, 11) is 1.62. The Morgan fingerprint density at radius 3 is 2.10 bits per heavy atom. The van der Waals surface area contributed by atoms with E-state index in [-0.39, 0.29) is 24.6 Å². The van der Waals surface area contributed by atoms with Crippen molar-refractivity contribution in [2.75, 3.05) is 13.7 Å². The lowest BCUT2D eigenvalue weighted by Crippen LogP contribution is -2.48. The van der Waals surface area contributed by atoms with Gasteiger partial charge in [0.15, 0.2) is 0 Å². The highest BCUT2D eigenvalue weighted by Crippen LogP contribution is 2.26. The van der Waals surface area contributed by atoms with Crippen molar-refractivity contribution >= 4 is 22.6 Å². The van der Waals surface area contributed by atoms with Crippen molar-refractivity contribution in [1.82, 2.24) is 4.90 Å². The second-order valence-electron chi connectivity index (χ2n) is 8.61. The van der Waals surface area contributed by atoms with Gasteiger partial charge in [0.25, 0.3) is 0 Å². The van der Waals surface area contributed by atoms with Crippen LogP contribution in [0.1, 0.15) is 53.0 Å². The number of aliphatic hydroxyl groups excluding tert-OH is 1. The van der Waals surface area contributed by atoms with Gasteiger partial charge in [-0.3, -0.25) is 9.59 Å². The number of carbonyl (C=O) groups excluding carboxylic acids is 2. The first-order valence-corrected chi connectivity index (χ1v) is 10.8. The smallest absolute Gasteiger partial charge is 0.313 e. The van der Waals surface area contributed by atoms with Crippen molar-refractivity contribution in [2.45, 2.75) is 65.6 Å². The molecule has 0 aromatic heterocycles. The normalized spacial score (nSPS) is 14.4. The van der Waals surface area contributed by atoms with E-state index in [9.17, 15) is 14.7 Å². The van der Waals surface area contributed by atoms with Gasteiger partial charge in [0.05, 0.1) is 25.0 Å². The quantitative estimate of drug-likeness (QED) is 0.607. The Kier molecular flexibility index (Phi) is 8.45. The highest BCUT2D eigenvalue weighted by molar-refractivity contribution is 5.87. The molecule has 0 unspecified atom stereocenters. The molecule has 0 aliphatic carbocycles. The fourth-order valence-corrected chi connectivity index (χ4v) is 3.72. The van der Waals surface area contributed by atoms with Gasteiger partial charge in [-0.15, -0.1) is 0 Å². The lowest BCUT2D eigenvalue weighted by molar-refractivity contribution is -0.153. The number of carbonyl (C=O) groups is 2. The summed E-state index contributed by atoms with van der Waals surface area (Å²) in [6.45, 7) is 11.0. The zero-order valence-corrected chi connectivity index (χ0v) is 19.6. The molecule has 6 nitrogen and oxygen atoms in total. The third-order valence-electron chi connectivity index (χ3n) is 5.66. The van der Waals surface area contributed by atoms with Crippen LogP contribution in [0.5, 0.6) is 5.75 Å². The van der Waals surface area contributed by atoms with Gasteiger partial charge in [-0.05, 0) is 63.1 Å². The largest absolute Gasteiger partial charge is 0.497 e. The average Bonchev–Trinajstić information content (AvgIpc) is 2.74. The molecule has 2 rings (SSSR count). The van der Waals surface area contributed by atoms with Crippen molar-refractivity contribution in [3.8, 4) is 5.75 Å². The SMILES string of the molecule is COc1ccc2cc([C@H](C)C(=O)OC[C@H](O)[C@H](C)C(=O)N(C(C)C)C(C)C)ccc2c1. The van der Waals surface area contributed by atoms with E-state index in [4.69, 9.17) is 9.47 Å². The van der Waals surface area contributed by atoms with Gasteiger partial charge in [-0.25, -0.2) is 0 Å². The van der Waals surface area contributed by atoms with E-state index in [1.54, 1.807) is 25.9 Å². The minimum absolute atomic E-state index is 0.0256. The fourth-order valence-electron chi connectivity index (χ4n) is 3.72. The van der Waals surface area contributed by atoms with E-state index in [1.165, 1.54) is 0 Å². The van der Waals surface area contributed by atoms with E-state index in [1.807, 2.05) is 64.1 Å². The molecule has 6 heteroatoms. The van der Waals surface area contributed by atoms with Crippen LogP contribution in [-0.4, -0.2) is 53.8 Å². The number of benzene rings is 2. The maximum atomic E-state index is 12.8. The highest BCUT2D eigenvalue weighted by atomic mass is 16.5. The summed E-state index contributed by atoms with van der Waals surface area (Å²) < 4.78 is 10.6. The van der Waals surface area contributed by atoms with Crippen molar-refractivity contribution in [2.24, 2.45) is 5.92 Å². The molecular weight excluding hydrogens is 394 g/mol. The van der Waals surface area contributed by atoms with Gasteiger partial charge in [-0.2, -0.15) is 0 Å². The Hall–Kier alpha value is -2.60. The zero-order valence-electron chi connectivity index (χ0n) is 19.6. The number of rotatable bonds is 9. The molecule has 170 valence electrons. The van der Waals surface area contributed by atoms with Crippen LogP contribution in [0.25, 0.3) is 10.8 Å². The van der Waals surface area contributed by atoms with Gasteiger partial charge in [0.2, 0.25) is 5.91 Å². The lowest BCUT2D eigenvalue weighted by atomic mass is 9.97. The summed E-state index contributed by atoms with van der Waals surface area (Å²) in [5, 5.41) is 12.5. The second-order valence-corrected chi connectivity index (χ2v) is 8.61. The molecule has 2 aromatic carbocycles. The minimum Gasteiger partial charge on any atom is -0.497 e. The number of ether oxygens (including phenoxy) is 2. The first-order valence-electron chi connectivity index (χ1n) is 10.8. The number of esters is 1. The van der Waals surface area contributed by atoms with Crippen LogP contribution in [0.4, 0.5) is 0 Å². The van der Waals surface area contributed by atoms with Crippen LogP contribution in [0, 0.1) is 5.92 Å². The van der Waals surface area contributed by atoms with Crippen LogP contribution < -0.4 is 4.74 Å². The summed E-state index contributed by atoms with van der Waals surface area (Å²) in [5.74, 6) is -0.961. The van der Waals surface area contributed by atoms with Crippen LogP contribution in [-0.2, 0) is 14.3 Å². The van der Waals surface area contributed by atoms with Crippen molar-refractivity contribution in [3.05, 3.63) is 42.0 Å². The first kappa shape index (κ1) is 24.7. The molecule has 0 radical (unpaired) electrons. The molecule has 0 aliphatic heterocycles. The molecule has 0 spiro atoms. The Morgan fingerprint density at radius 1 is 0.935 bits per heavy atom. The Bertz CT molecular complexity index is 900. The minimum atomic E-state index is -1.06. The summed E-state index contributed by atoms with van der Waals surface area (Å²) in [6.07, 6.45) is -1.06. The molecule has 3 atom stereocenters. The molecule has 0 fully saturated rings. The van der Waals surface area contributed by atoms with Gasteiger partial charge in [0, 0.05) is 12.1 Å². The monoisotopic (exact) mass is 429 g/mol. The standard InChI is InChI=1S/C25H35NO5/c1-15(2)26(16(3)4)24(28)18(6)23(27)14-31-25(29)17(5)19-8-9-21-13-22(30-7)11-10-20(21)12-19/h8-13,15-18,23,27H,14H2,1-7H3/t17-,18-,23-/m0/s1. The molecule has 0 bridgehead atoms. The van der Waals surface area contributed by atoms with E-state index in [0.29, 0.717) is 0 Å². The Labute approximate surface area is 185 Å². The van der Waals surface area contributed by atoms with E-state index in [0.717, 1.165) is 22.1 Å². The number of hydrogen-bond donors (Lipinski definition) is 1. The molecule has 0 aliphatic rings. The predicted octanol–water partition coefficient (Wildman–Crippen LogP) is 4.14. The molecule has 0 saturated heterocycles. The van der Waals surface area contributed by atoms with Crippen LogP contribution in [0.3, 0.4) is 0 Å². The second kappa shape index (κ2) is 10.6. The first-order chi connectivity index (χ1) is 14.6. The summed E-state index contributed by atoms with van der Waals surface area (Å²) in [4.78, 5) is 27.1. The predicted molar refractivity (Wildman–Crippen MR) is 122 cm³/mol. The lowest BCUT2D eigenvalue weighted by Gasteiger charge is -2.34. The molecule has 2 aromatic rings. The molecular formula is C25H35NO5. The van der Waals surface area contributed by atoms with E-state index >= 15 is 0 Å². The molecule has 1 amide bonds. The van der Waals surface area contributed by atoms with Gasteiger partial charge in [0.1, 0.15) is 12.4 Å². The average molecular weight is 430 g/mol. The number of aliphatic hydroxyl groups is 1. The Balaban J connectivity index is 2.01. The molecule has 0 heterocycles. The maximum Gasteiger partial charge on any atom is 0.313 e. The number of amides is 1. The summed E-state index contributed by atoms with van der Waals surface area (Å²) >= 11 is 0. The number of hydrogen-bond acceptors (Lipinski definition) is 5. The zero-order chi connectivity index (χ0) is 23.3. The topological polar surface area (TPSA) is 76.1 Å². The van der Waals surface area contributed by atoms with Gasteiger partial charge >= 0.3 is 5.97 Å². The number of methoxy groups -OCH3 is 1. The Morgan fingerprint density at radius 2 is 1.52 bits per heavy atom. The van der Waals surface area contributed by atoms with Crippen LogP contribution in [0.2, 0.25) is 0 Å². The van der Waals surface area contributed by atoms with Crippen molar-refractivity contribution in [3.63, 3.8) is 0 Å². The number of nitrogens with zero attached hydrogens (tertiary/aromatic N) is 1.